The van der Waals surface area contributed by atoms with E-state index in [1.54, 1.807) is 0 Å². The smallest absolute Gasteiger partial charge is 0.303 e. The first kappa shape index (κ1) is 12.5. The van der Waals surface area contributed by atoms with Gasteiger partial charge in [-0.3, -0.25) is 4.79 Å². The highest BCUT2D eigenvalue weighted by Gasteiger charge is 2.15. The van der Waals surface area contributed by atoms with Gasteiger partial charge in [0.25, 0.3) is 0 Å². The van der Waals surface area contributed by atoms with Gasteiger partial charge >= 0.3 is 5.97 Å². The molecular formula is C12H23NO2. The molecule has 1 heterocycles. The molecule has 0 aromatic rings. The summed E-state index contributed by atoms with van der Waals surface area (Å²) < 4.78 is 0. The maximum absolute atomic E-state index is 10.3. The fourth-order valence-electron chi connectivity index (χ4n) is 2.28. The number of carbonyl (C=O) groups is 1. The molecule has 0 spiro atoms. The summed E-state index contributed by atoms with van der Waals surface area (Å²) in [7, 11) is 0. The maximum atomic E-state index is 10.3. The number of piperidine rings is 1. The molecular weight excluding hydrogens is 190 g/mol. The molecule has 0 saturated carbocycles. The standard InChI is InChI=1S/C12H23NO2/c1-11-6-5-9-13(10-11)8-4-2-3-7-12(14)15/h11H,2-10H2,1H3,(H,14,15). The van der Waals surface area contributed by atoms with E-state index < -0.39 is 5.97 Å². The zero-order chi connectivity index (χ0) is 11.1. The third-order valence-electron chi connectivity index (χ3n) is 3.11. The molecule has 88 valence electrons. The lowest BCUT2D eigenvalue weighted by atomic mass is 10.00. The summed E-state index contributed by atoms with van der Waals surface area (Å²) in [5.74, 6) is 0.180. The first-order chi connectivity index (χ1) is 7.18. The number of rotatable bonds is 6. The number of unbranched alkanes of at least 4 members (excludes halogenated alkanes) is 2. The molecule has 1 aliphatic rings. The van der Waals surface area contributed by atoms with E-state index in [4.69, 9.17) is 5.11 Å². The van der Waals surface area contributed by atoms with E-state index >= 15 is 0 Å². The molecule has 1 saturated heterocycles. The van der Waals surface area contributed by atoms with Crippen LogP contribution in [0, 0.1) is 5.92 Å². The third kappa shape index (κ3) is 5.78. The molecule has 0 radical (unpaired) electrons. The van der Waals surface area contributed by atoms with Gasteiger partial charge in [-0.1, -0.05) is 13.3 Å². The molecule has 1 atom stereocenters. The Morgan fingerprint density at radius 2 is 2.20 bits per heavy atom. The predicted octanol–water partition coefficient (Wildman–Crippen LogP) is 2.36. The number of hydrogen-bond donors (Lipinski definition) is 1. The second kappa shape index (κ2) is 6.83. The Balaban J connectivity index is 1.97. The Labute approximate surface area is 92.5 Å². The molecule has 0 aromatic carbocycles. The minimum atomic E-state index is -0.665. The number of carboxylic acid groups (broad SMARTS) is 1. The predicted molar refractivity (Wildman–Crippen MR) is 60.9 cm³/mol. The Morgan fingerprint density at radius 1 is 1.40 bits per heavy atom. The van der Waals surface area contributed by atoms with Crippen LogP contribution in [-0.4, -0.2) is 35.6 Å². The van der Waals surface area contributed by atoms with E-state index in [1.807, 2.05) is 0 Å². The summed E-state index contributed by atoms with van der Waals surface area (Å²) in [5.41, 5.74) is 0. The van der Waals surface area contributed by atoms with Crippen LogP contribution in [0.4, 0.5) is 0 Å². The molecule has 1 rings (SSSR count). The van der Waals surface area contributed by atoms with Crippen molar-refractivity contribution in [2.45, 2.75) is 45.4 Å². The molecule has 0 bridgehead atoms. The summed E-state index contributed by atoms with van der Waals surface area (Å²) in [5, 5.41) is 8.49. The van der Waals surface area contributed by atoms with Gasteiger partial charge in [0.2, 0.25) is 0 Å². The van der Waals surface area contributed by atoms with Gasteiger partial charge < -0.3 is 10.0 Å². The number of nitrogens with zero attached hydrogens (tertiary/aromatic N) is 1. The van der Waals surface area contributed by atoms with Crippen LogP contribution in [0.1, 0.15) is 45.4 Å². The van der Waals surface area contributed by atoms with Gasteiger partial charge in [-0.2, -0.15) is 0 Å². The average molecular weight is 213 g/mol. The normalized spacial score (nSPS) is 22.9. The van der Waals surface area contributed by atoms with Gasteiger partial charge in [0.1, 0.15) is 0 Å². The number of carboxylic acids is 1. The molecule has 1 fully saturated rings. The van der Waals surface area contributed by atoms with Gasteiger partial charge in [-0.25, -0.2) is 0 Å². The van der Waals surface area contributed by atoms with Crippen molar-refractivity contribution in [2.75, 3.05) is 19.6 Å². The summed E-state index contributed by atoms with van der Waals surface area (Å²) in [6, 6.07) is 0. The zero-order valence-corrected chi connectivity index (χ0v) is 9.74. The number of hydrogen-bond acceptors (Lipinski definition) is 2. The molecule has 1 unspecified atom stereocenters. The zero-order valence-electron chi connectivity index (χ0n) is 9.74. The fraction of sp³-hybridized carbons (Fsp3) is 0.917. The van der Waals surface area contributed by atoms with E-state index in [0.717, 1.165) is 31.7 Å². The van der Waals surface area contributed by atoms with E-state index in [-0.39, 0.29) is 0 Å². The van der Waals surface area contributed by atoms with Crippen LogP contribution in [0.15, 0.2) is 0 Å². The summed E-state index contributed by atoms with van der Waals surface area (Å²) in [4.78, 5) is 12.8. The van der Waals surface area contributed by atoms with Gasteiger partial charge in [-0.15, -0.1) is 0 Å². The van der Waals surface area contributed by atoms with E-state index in [0.29, 0.717) is 6.42 Å². The quantitative estimate of drug-likeness (QED) is 0.689. The fourth-order valence-corrected chi connectivity index (χ4v) is 2.28. The van der Waals surface area contributed by atoms with Crippen LogP contribution in [0.2, 0.25) is 0 Å². The van der Waals surface area contributed by atoms with Crippen molar-refractivity contribution >= 4 is 5.97 Å². The maximum Gasteiger partial charge on any atom is 0.303 e. The van der Waals surface area contributed by atoms with Crippen molar-refractivity contribution < 1.29 is 9.90 Å². The Hall–Kier alpha value is -0.570. The molecule has 0 aromatic heterocycles. The summed E-state index contributed by atoms with van der Waals surface area (Å²) in [6.45, 7) is 5.95. The van der Waals surface area contributed by atoms with Crippen LogP contribution in [0.3, 0.4) is 0 Å². The van der Waals surface area contributed by atoms with Crippen LogP contribution in [-0.2, 0) is 4.79 Å². The Morgan fingerprint density at radius 3 is 2.87 bits per heavy atom. The lowest BCUT2D eigenvalue weighted by molar-refractivity contribution is -0.137. The van der Waals surface area contributed by atoms with E-state index in [9.17, 15) is 4.79 Å². The minimum Gasteiger partial charge on any atom is -0.481 e. The highest BCUT2D eigenvalue weighted by atomic mass is 16.4. The van der Waals surface area contributed by atoms with Gasteiger partial charge in [0, 0.05) is 13.0 Å². The number of likely N-dealkylation sites (tertiary alicyclic amines) is 1. The highest BCUT2D eigenvalue weighted by molar-refractivity contribution is 5.66. The van der Waals surface area contributed by atoms with E-state index in [1.165, 1.54) is 25.9 Å². The lowest BCUT2D eigenvalue weighted by Gasteiger charge is -2.30. The molecule has 15 heavy (non-hydrogen) atoms. The van der Waals surface area contributed by atoms with Crippen LogP contribution in [0.5, 0.6) is 0 Å². The highest BCUT2D eigenvalue weighted by Crippen LogP contribution is 2.15. The van der Waals surface area contributed by atoms with Crippen LogP contribution in [0.25, 0.3) is 0 Å². The van der Waals surface area contributed by atoms with Crippen LogP contribution < -0.4 is 0 Å². The van der Waals surface area contributed by atoms with Crippen molar-refractivity contribution in [2.24, 2.45) is 5.92 Å². The topological polar surface area (TPSA) is 40.5 Å². The molecule has 3 heteroatoms. The van der Waals surface area contributed by atoms with Gasteiger partial charge in [0.15, 0.2) is 0 Å². The first-order valence-corrected chi connectivity index (χ1v) is 6.12. The Kier molecular flexibility index (Phi) is 5.69. The second-order valence-corrected chi connectivity index (χ2v) is 4.75. The SMILES string of the molecule is CC1CCCN(CCCCCC(=O)O)C1. The molecule has 0 aliphatic carbocycles. The third-order valence-corrected chi connectivity index (χ3v) is 3.11. The second-order valence-electron chi connectivity index (χ2n) is 4.75. The number of aliphatic carboxylic acids is 1. The molecule has 3 nitrogen and oxygen atoms in total. The van der Waals surface area contributed by atoms with Crippen molar-refractivity contribution in [3.8, 4) is 0 Å². The largest absolute Gasteiger partial charge is 0.481 e. The minimum absolute atomic E-state index is 0.330. The molecule has 1 N–H and O–H groups in total. The van der Waals surface area contributed by atoms with Gasteiger partial charge in [-0.05, 0) is 44.7 Å². The summed E-state index contributed by atoms with van der Waals surface area (Å²) >= 11 is 0. The summed E-state index contributed by atoms with van der Waals surface area (Å²) in [6.07, 6.45) is 6.07. The van der Waals surface area contributed by atoms with Gasteiger partial charge in [0.05, 0.1) is 0 Å². The molecule has 0 amide bonds. The van der Waals surface area contributed by atoms with Crippen molar-refractivity contribution in [1.29, 1.82) is 0 Å². The van der Waals surface area contributed by atoms with Crippen LogP contribution >= 0.6 is 0 Å². The average Bonchev–Trinajstić information content (AvgIpc) is 2.17. The van der Waals surface area contributed by atoms with Crippen molar-refractivity contribution in [1.82, 2.24) is 4.90 Å². The monoisotopic (exact) mass is 213 g/mol. The van der Waals surface area contributed by atoms with Crippen molar-refractivity contribution in [3.05, 3.63) is 0 Å². The van der Waals surface area contributed by atoms with E-state index in [2.05, 4.69) is 11.8 Å². The molecule has 1 aliphatic heterocycles. The lowest BCUT2D eigenvalue weighted by Crippen LogP contribution is -2.34. The van der Waals surface area contributed by atoms with Crippen molar-refractivity contribution in [3.63, 3.8) is 0 Å². The first-order valence-electron chi connectivity index (χ1n) is 6.12. The Bertz CT molecular complexity index is 194.